The zero-order valence-corrected chi connectivity index (χ0v) is 19.0. The molecule has 0 saturated carbocycles. The molecule has 7 nitrogen and oxygen atoms in total. The standard InChI is InChI=1S/C25H23F2N5O2/c1-25(2,3)24-29-22(31-34-24)14-7-9-15(10-8-14)28-23(33)21-17-5-4-6-20(17)32(30-21)16-11-12-18(26)19(27)13-16/h7-13H,4-6H2,1-3H3,(H,28,33). The Hall–Kier alpha value is -3.88. The number of carbonyl (C=O) groups excluding carboxylic acids is 1. The van der Waals surface area contributed by atoms with Crippen molar-refractivity contribution in [1.29, 1.82) is 0 Å². The van der Waals surface area contributed by atoms with Gasteiger partial charge in [0.2, 0.25) is 11.7 Å². The van der Waals surface area contributed by atoms with E-state index in [1.54, 1.807) is 24.3 Å². The van der Waals surface area contributed by atoms with Crippen LogP contribution in [-0.4, -0.2) is 25.8 Å². The average molecular weight is 463 g/mol. The number of carbonyl (C=O) groups is 1. The van der Waals surface area contributed by atoms with Crippen LogP contribution in [0.2, 0.25) is 0 Å². The minimum atomic E-state index is -0.956. The van der Waals surface area contributed by atoms with Crippen LogP contribution >= 0.6 is 0 Å². The van der Waals surface area contributed by atoms with E-state index in [0.717, 1.165) is 35.4 Å². The van der Waals surface area contributed by atoms with Crippen molar-refractivity contribution in [2.75, 3.05) is 5.32 Å². The number of rotatable bonds is 4. The van der Waals surface area contributed by atoms with Crippen LogP contribution in [0.1, 0.15) is 54.8 Å². The summed E-state index contributed by atoms with van der Waals surface area (Å²) >= 11 is 0. The molecule has 4 aromatic rings. The van der Waals surface area contributed by atoms with Crippen molar-refractivity contribution in [2.45, 2.75) is 45.4 Å². The molecule has 9 heteroatoms. The van der Waals surface area contributed by atoms with Gasteiger partial charge in [0, 0.05) is 34.0 Å². The Morgan fingerprint density at radius 1 is 1.06 bits per heavy atom. The number of hydrogen-bond donors (Lipinski definition) is 1. The molecule has 2 aromatic carbocycles. The molecule has 0 unspecified atom stereocenters. The Kier molecular flexibility index (Phi) is 5.27. The monoisotopic (exact) mass is 463 g/mol. The molecule has 0 aliphatic heterocycles. The van der Waals surface area contributed by atoms with Crippen molar-refractivity contribution < 1.29 is 18.1 Å². The average Bonchev–Trinajstić information content (AvgIpc) is 3.52. The van der Waals surface area contributed by atoms with Gasteiger partial charge in [-0.2, -0.15) is 10.1 Å². The van der Waals surface area contributed by atoms with E-state index in [1.165, 1.54) is 10.7 Å². The van der Waals surface area contributed by atoms with Crippen LogP contribution in [0.15, 0.2) is 47.0 Å². The summed E-state index contributed by atoms with van der Waals surface area (Å²) in [6.45, 7) is 5.98. The molecule has 0 bridgehead atoms. The second kappa shape index (κ2) is 8.16. The Morgan fingerprint density at radius 3 is 2.50 bits per heavy atom. The third kappa shape index (κ3) is 3.98. The van der Waals surface area contributed by atoms with E-state index in [9.17, 15) is 13.6 Å². The molecule has 1 N–H and O–H groups in total. The predicted octanol–water partition coefficient (Wildman–Crippen LogP) is 5.24. The molecule has 0 saturated heterocycles. The lowest BCUT2D eigenvalue weighted by atomic mass is 9.97. The summed E-state index contributed by atoms with van der Waals surface area (Å²) in [6.07, 6.45) is 2.28. The Labute approximate surface area is 194 Å². The summed E-state index contributed by atoms with van der Waals surface area (Å²) in [5.74, 6) is -1.22. The van der Waals surface area contributed by atoms with Crippen molar-refractivity contribution >= 4 is 11.6 Å². The van der Waals surface area contributed by atoms with Crippen LogP contribution in [0.5, 0.6) is 0 Å². The number of amides is 1. The zero-order chi connectivity index (χ0) is 24.0. The summed E-state index contributed by atoms with van der Waals surface area (Å²) < 4.78 is 34.0. The molecular weight excluding hydrogens is 440 g/mol. The number of nitrogens with zero attached hydrogens (tertiary/aromatic N) is 4. The Morgan fingerprint density at radius 2 is 1.82 bits per heavy atom. The number of fused-ring (bicyclic) bond motifs is 1. The van der Waals surface area contributed by atoms with Crippen molar-refractivity contribution in [2.24, 2.45) is 0 Å². The van der Waals surface area contributed by atoms with Gasteiger partial charge >= 0.3 is 0 Å². The lowest BCUT2D eigenvalue weighted by molar-refractivity contribution is 0.102. The van der Waals surface area contributed by atoms with Gasteiger partial charge < -0.3 is 9.84 Å². The number of hydrogen-bond acceptors (Lipinski definition) is 5. The van der Waals surface area contributed by atoms with Crippen molar-refractivity contribution in [3.8, 4) is 17.1 Å². The number of benzene rings is 2. The van der Waals surface area contributed by atoms with Crippen LogP contribution in [0.3, 0.4) is 0 Å². The summed E-state index contributed by atoms with van der Waals surface area (Å²) in [5.41, 5.74) is 3.45. The zero-order valence-electron chi connectivity index (χ0n) is 19.0. The van der Waals surface area contributed by atoms with Crippen molar-refractivity contribution in [3.05, 3.63) is 76.9 Å². The second-order valence-corrected chi connectivity index (χ2v) is 9.34. The van der Waals surface area contributed by atoms with Crippen LogP contribution in [0, 0.1) is 11.6 Å². The van der Waals surface area contributed by atoms with E-state index in [-0.39, 0.29) is 17.0 Å². The number of aromatic nitrogens is 4. The number of halogens is 2. The van der Waals surface area contributed by atoms with Gasteiger partial charge in [-0.3, -0.25) is 4.79 Å². The fourth-order valence-corrected chi connectivity index (χ4v) is 3.99. The van der Waals surface area contributed by atoms with Gasteiger partial charge in [-0.05, 0) is 55.7 Å². The van der Waals surface area contributed by atoms with E-state index in [4.69, 9.17) is 4.52 Å². The highest BCUT2D eigenvalue weighted by Crippen LogP contribution is 2.29. The second-order valence-electron chi connectivity index (χ2n) is 9.34. The molecule has 174 valence electrons. The number of anilines is 1. The predicted molar refractivity (Wildman–Crippen MR) is 122 cm³/mol. The Bertz CT molecular complexity index is 1380. The molecular formula is C25H23F2N5O2. The topological polar surface area (TPSA) is 85.8 Å². The first-order valence-corrected chi connectivity index (χ1v) is 11.0. The van der Waals surface area contributed by atoms with Crippen LogP contribution < -0.4 is 5.32 Å². The van der Waals surface area contributed by atoms with E-state index >= 15 is 0 Å². The summed E-state index contributed by atoms with van der Waals surface area (Å²) in [4.78, 5) is 17.5. The van der Waals surface area contributed by atoms with Gasteiger partial charge in [-0.15, -0.1) is 0 Å². The SMILES string of the molecule is CC(C)(C)c1nc(-c2ccc(NC(=O)c3nn(-c4ccc(F)c(F)c4)c4c3CCC4)cc2)no1. The first kappa shape index (κ1) is 21.9. The van der Waals surface area contributed by atoms with E-state index in [1.807, 2.05) is 20.8 Å². The minimum absolute atomic E-state index is 0.248. The van der Waals surface area contributed by atoms with Gasteiger partial charge in [-0.1, -0.05) is 25.9 Å². The Balaban J connectivity index is 1.38. The molecule has 5 rings (SSSR count). The van der Waals surface area contributed by atoms with E-state index < -0.39 is 11.6 Å². The smallest absolute Gasteiger partial charge is 0.276 e. The summed E-state index contributed by atoms with van der Waals surface area (Å²) in [6, 6.07) is 10.7. The molecule has 2 aromatic heterocycles. The molecule has 2 heterocycles. The lowest BCUT2D eigenvalue weighted by Crippen LogP contribution is -2.15. The molecule has 0 atom stereocenters. The number of nitrogens with one attached hydrogen (secondary N) is 1. The van der Waals surface area contributed by atoms with E-state index in [0.29, 0.717) is 35.9 Å². The molecule has 0 radical (unpaired) electrons. The fourth-order valence-electron chi connectivity index (χ4n) is 3.99. The maximum absolute atomic E-state index is 13.8. The van der Waals surface area contributed by atoms with E-state index in [2.05, 4.69) is 20.6 Å². The lowest BCUT2D eigenvalue weighted by Gasteiger charge is -2.10. The molecule has 0 spiro atoms. The van der Waals surface area contributed by atoms with Gasteiger partial charge in [0.05, 0.1) is 5.69 Å². The maximum atomic E-state index is 13.8. The molecule has 1 aliphatic carbocycles. The highest BCUT2D eigenvalue weighted by Gasteiger charge is 2.27. The van der Waals surface area contributed by atoms with Gasteiger partial charge in [0.25, 0.3) is 5.91 Å². The van der Waals surface area contributed by atoms with Crippen molar-refractivity contribution in [3.63, 3.8) is 0 Å². The third-order valence-corrected chi connectivity index (χ3v) is 5.76. The third-order valence-electron chi connectivity index (χ3n) is 5.76. The molecule has 1 aliphatic rings. The van der Waals surface area contributed by atoms with Crippen LogP contribution in [0.25, 0.3) is 17.1 Å². The van der Waals surface area contributed by atoms with Crippen LogP contribution in [-0.2, 0) is 18.3 Å². The first-order valence-electron chi connectivity index (χ1n) is 11.0. The highest BCUT2D eigenvalue weighted by atomic mass is 19.2. The van der Waals surface area contributed by atoms with Gasteiger partial charge in [-0.25, -0.2) is 13.5 Å². The minimum Gasteiger partial charge on any atom is -0.338 e. The quantitative estimate of drug-likeness (QED) is 0.447. The largest absolute Gasteiger partial charge is 0.338 e. The first-order chi connectivity index (χ1) is 16.2. The molecule has 34 heavy (non-hydrogen) atoms. The van der Waals surface area contributed by atoms with Crippen molar-refractivity contribution in [1.82, 2.24) is 19.9 Å². The normalized spacial score (nSPS) is 13.2. The molecule has 0 fully saturated rings. The maximum Gasteiger partial charge on any atom is 0.276 e. The van der Waals surface area contributed by atoms with Crippen LogP contribution in [0.4, 0.5) is 14.5 Å². The summed E-state index contributed by atoms with van der Waals surface area (Å²) in [7, 11) is 0. The summed E-state index contributed by atoms with van der Waals surface area (Å²) in [5, 5.41) is 11.3. The molecule has 1 amide bonds. The highest BCUT2D eigenvalue weighted by molar-refractivity contribution is 6.04. The van der Waals surface area contributed by atoms with Gasteiger partial charge in [0.1, 0.15) is 0 Å². The fraction of sp³-hybridized carbons (Fsp3) is 0.280. The van der Waals surface area contributed by atoms with Gasteiger partial charge in [0.15, 0.2) is 17.3 Å².